The summed E-state index contributed by atoms with van der Waals surface area (Å²) in [7, 11) is 0. The number of aromatic nitrogens is 2. The van der Waals surface area contributed by atoms with Gasteiger partial charge in [0.15, 0.2) is 6.10 Å². The number of aryl methyl sites for hydroxylation is 1. The lowest BCUT2D eigenvalue weighted by Gasteiger charge is -2.10. The number of imidazole rings is 1. The zero-order valence-corrected chi connectivity index (χ0v) is 12.8. The number of carbonyl (C=O) groups excluding carboxylic acids is 1. The summed E-state index contributed by atoms with van der Waals surface area (Å²) in [6, 6.07) is 11.8. The lowest BCUT2D eigenvalue weighted by atomic mass is 10.1. The number of para-hydroxylation sites is 1. The van der Waals surface area contributed by atoms with Crippen LogP contribution in [-0.2, 0) is 17.8 Å². The van der Waals surface area contributed by atoms with E-state index in [1.165, 1.54) is 0 Å². The van der Waals surface area contributed by atoms with E-state index < -0.39 is 6.10 Å². The fourth-order valence-electron chi connectivity index (χ4n) is 2.91. The highest BCUT2D eigenvalue weighted by Crippen LogP contribution is 2.28. The number of rotatable bonds is 3. The Balaban J connectivity index is 1.43. The molecule has 1 aromatic carbocycles. The second kappa shape index (κ2) is 5.43. The average molecular weight is 307 g/mol. The number of nitrogens with zero attached hydrogens (tertiary/aromatic N) is 2. The van der Waals surface area contributed by atoms with Crippen LogP contribution in [0.3, 0.4) is 0 Å². The van der Waals surface area contributed by atoms with Crippen LogP contribution in [0.5, 0.6) is 5.75 Å². The first kappa shape index (κ1) is 13.8. The largest absolute Gasteiger partial charge is 0.480 e. The molecule has 1 atom stereocenters. The van der Waals surface area contributed by atoms with Gasteiger partial charge in [-0.2, -0.15) is 0 Å². The second-order valence-electron chi connectivity index (χ2n) is 5.79. The number of hydrogen-bond donors (Lipinski definition) is 1. The van der Waals surface area contributed by atoms with Gasteiger partial charge in [-0.15, -0.1) is 0 Å². The molecule has 0 radical (unpaired) electrons. The number of pyridine rings is 1. The van der Waals surface area contributed by atoms with Crippen molar-refractivity contribution in [3.05, 3.63) is 65.6 Å². The number of hydrogen-bond acceptors (Lipinski definition) is 3. The summed E-state index contributed by atoms with van der Waals surface area (Å²) in [5.74, 6) is 0.700. The highest BCUT2D eigenvalue weighted by atomic mass is 16.5. The van der Waals surface area contributed by atoms with E-state index in [-0.39, 0.29) is 5.91 Å². The van der Waals surface area contributed by atoms with Crippen LogP contribution in [0.2, 0.25) is 0 Å². The van der Waals surface area contributed by atoms with Gasteiger partial charge in [-0.05, 0) is 30.2 Å². The molecule has 1 unspecified atom stereocenters. The van der Waals surface area contributed by atoms with Crippen molar-refractivity contribution in [3.63, 3.8) is 0 Å². The summed E-state index contributed by atoms with van der Waals surface area (Å²) in [5.41, 5.74) is 3.94. The summed E-state index contributed by atoms with van der Waals surface area (Å²) in [6.45, 7) is 2.42. The first-order chi connectivity index (χ1) is 11.2. The molecule has 3 heterocycles. The van der Waals surface area contributed by atoms with E-state index in [1.54, 1.807) is 0 Å². The van der Waals surface area contributed by atoms with Crippen molar-refractivity contribution in [2.75, 3.05) is 0 Å². The van der Waals surface area contributed by atoms with E-state index >= 15 is 0 Å². The summed E-state index contributed by atoms with van der Waals surface area (Å²) in [4.78, 5) is 16.9. The molecule has 1 aliphatic heterocycles. The molecule has 23 heavy (non-hydrogen) atoms. The molecule has 5 heteroatoms. The Morgan fingerprint density at radius 2 is 2.22 bits per heavy atom. The quantitative estimate of drug-likeness (QED) is 0.807. The van der Waals surface area contributed by atoms with Gasteiger partial charge in [0.25, 0.3) is 5.91 Å². The Kier molecular flexibility index (Phi) is 3.26. The molecule has 4 rings (SSSR count). The number of ether oxygens (including phenoxy) is 1. The van der Waals surface area contributed by atoms with Crippen LogP contribution in [0.4, 0.5) is 0 Å². The van der Waals surface area contributed by atoms with Gasteiger partial charge in [0.1, 0.15) is 11.4 Å². The van der Waals surface area contributed by atoms with E-state index in [4.69, 9.17) is 4.74 Å². The summed E-state index contributed by atoms with van der Waals surface area (Å²) < 4.78 is 7.67. The average Bonchev–Trinajstić information content (AvgIpc) is 3.17. The minimum Gasteiger partial charge on any atom is -0.480 e. The lowest BCUT2D eigenvalue weighted by Crippen LogP contribution is -2.37. The van der Waals surface area contributed by atoms with Crippen LogP contribution < -0.4 is 10.1 Å². The standard InChI is InChI=1S/C18H17N3O2/c1-12-5-4-8-21-11-14(20-17(12)21)10-19-18(22)16-9-13-6-2-3-7-15(13)23-16/h2-8,11,16H,9-10H2,1H3,(H,19,22). The molecule has 3 aromatic rings. The van der Waals surface area contributed by atoms with Gasteiger partial charge in [-0.25, -0.2) is 4.98 Å². The molecule has 0 bridgehead atoms. The molecule has 1 amide bonds. The van der Waals surface area contributed by atoms with E-state index in [0.717, 1.165) is 28.2 Å². The lowest BCUT2D eigenvalue weighted by molar-refractivity contribution is -0.127. The third-order valence-corrected chi connectivity index (χ3v) is 4.11. The van der Waals surface area contributed by atoms with Crippen LogP contribution in [0, 0.1) is 6.92 Å². The number of carbonyl (C=O) groups is 1. The smallest absolute Gasteiger partial charge is 0.261 e. The second-order valence-corrected chi connectivity index (χ2v) is 5.79. The minimum atomic E-state index is -0.453. The predicted molar refractivity (Wildman–Crippen MR) is 86.3 cm³/mol. The maximum atomic E-state index is 12.3. The molecule has 1 N–H and O–H groups in total. The van der Waals surface area contributed by atoms with Crippen molar-refractivity contribution in [3.8, 4) is 5.75 Å². The van der Waals surface area contributed by atoms with E-state index in [0.29, 0.717) is 13.0 Å². The first-order valence-corrected chi connectivity index (χ1v) is 7.66. The summed E-state index contributed by atoms with van der Waals surface area (Å²) in [5, 5.41) is 2.92. The molecule has 0 fully saturated rings. The van der Waals surface area contributed by atoms with Gasteiger partial charge in [0, 0.05) is 18.8 Å². The van der Waals surface area contributed by atoms with Crippen molar-refractivity contribution in [1.29, 1.82) is 0 Å². The van der Waals surface area contributed by atoms with Gasteiger partial charge in [-0.3, -0.25) is 4.79 Å². The summed E-state index contributed by atoms with van der Waals surface area (Å²) >= 11 is 0. The molecule has 2 aromatic heterocycles. The monoisotopic (exact) mass is 307 g/mol. The van der Waals surface area contributed by atoms with Gasteiger partial charge in [0.05, 0.1) is 12.2 Å². The van der Waals surface area contributed by atoms with Crippen molar-refractivity contribution in [2.24, 2.45) is 0 Å². The topological polar surface area (TPSA) is 55.6 Å². The normalized spacial score (nSPS) is 16.1. The molecule has 0 saturated carbocycles. The third kappa shape index (κ3) is 2.54. The number of benzene rings is 1. The zero-order chi connectivity index (χ0) is 15.8. The van der Waals surface area contributed by atoms with Crippen LogP contribution in [0.15, 0.2) is 48.8 Å². The molecule has 0 spiro atoms. The third-order valence-electron chi connectivity index (χ3n) is 4.11. The Morgan fingerprint density at radius 3 is 3.04 bits per heavy atom. The maximum Gasteiger partial charge on any atom is 0.261 e. The maximum absolute atomic E-state index is 12.3. The Hall–Kier alpha value is -2.82. The highest BCUT2D eigenvalue weighted by Gasteiger charge is 2.28. The predicted octanol–water partition coefficient (Wildman–Crippen LogP) is 2.26. The fourth-order valence-corrected chi connectivity index (χ4v) is 2.91. The molecule has 5 nitrogen and oxygen atoms in total. The van der Waals surface area contributed by atoms with Gasteiger partial charge < -0.3 is 14.5 Å². The molecular formula is C18H17N3O2. The van der Waals surface area contributed by atoms with Gasteiger partial charge in [-0.1, -0.05) is 24.3 Å². The Bertz CT molecular complexity index is 860. The van der Waals surface area contributed by atoms with E-state index in [2.05, 4.69) is 10.3 Å². The Morgan fingerprint density at radius 1 is 1.35 bits per heavy atom. The van der Waals surface area contributed by atoms with Crippen LogP contribution in [-0.4, -0.2) is 21.4 Å². The van der Waals surface area contributed by atoms with E-state index in [1.807, 2.05) is 60.1 Å². The Labute approximate surface area is 133 Å². The number of amides is 1. The van der Waals surface area contributed by atoms with Gasteiger partial charge in [0.2, 0.25) is 0 Å². The molecule has 0 saturated heterocycles. The van der Waals surface area contributed by atoms with Crippen LogP contribution >= 0.6 is 0 Å². The highest BCUT2D eigenvalue weighted by molar-refractivity contribution is 5.82. The van der Waals surface area contributed by atoms with Crippen LogP contribution in [0.1, 0.15) is 16.8 Å². The van der Waals surface area contributed by atoms with Crippen molar-refractivity contribution in [2.45, 2.75) is 26.0 Å². The zero-order valence-electron chi connectivity index (χ0n) is 12.8. The van der Waals surface area contributed by atoms with Gasteiger partial charge >= 0.3 is 0 Å². The van der Waals surface area contributed by atoms with E-state index in [9.17, 15) is 4.79 Å². The van der Waals surface area contributed by atoms with Crippen molar-refractivity contribution < 1.29 is 9.53 Å². The SMILES string of the molecule is Cc1cccn2cc(CNC(=O)C3Cc4ccccc4O3)nc12. The first-order valence-electron chi connectivity index (χ1n) is 7.66. The van der Waals surface area contributed by atoms with Crippen molar-refractivity contribution in [1.82, 2.24) is 14.7 Å². The summed E-state index contributed by atoms with van der Waals surface area (Å²) in [6.07, 6.45) is 4.06. The number of nitrogens with one attached hydrogen (secondary N) is 1. The molecule has 116 valence electrons. The van der Waals surface area contributed by atoms with Crippen molar-refractivity contribution >= 4 is 11.6 Å². The molecule has 0 aliphatic carbocycles. The van der Waals surface area contributed by atoms with Crippen LogP contribution in [0.25, 0.3) is 5.65 Å². The molecule has 1 aliphatic rings. The fraction of sp³-hybridized carbons (Fsp3) is 0.222. The minimum absolute atomic E-state index is 0.102. The number of fused-ring (bicyclic) bond motifs is 2. The molecular weight excluding hydrogens is 290 g/mol.